The number of hydrogen-bond acceptors (Lipinski definition) is 4. The first kappa shape index (κ1) is 18.9. The van der Waals surface area contributed by atoms with E-state index in [1.165, 1.54) is 21.9 Å². The van der Waals surface area contributed by atoms with Gasteiger partial charge in [-0.2, -0.15) is 0 Å². The Morgan fingerprint density at radius 2 is 1.70 bits per heavy atom. The third-order valence-electron chi connectivity index (χ3n) is 5.69. The molecule has 0 radical (unpaired) electrons. The first-order chi connectivity index (χ1) is 12.8. The van der Waals surface area contributed by atoms with Crippen LogP contribution in [-0.4, -0.2) is 59.7 Å². The van der Waals surface area contributed by atoms with E-state index in [2.05, 4.69) is 0 Å². The largest absolute Gasteiger partial charge is 0.366 e. The second-order valence-corrected chi connectivity index (χ2v) is 7.19. The van der Waals surface area contributed by atoms with Gasteiger partial charge in [0, 0.05) is 25.3 Å². The van der Waals surface area contributed by atoms with E-state index in [0.29, 0.717) is 24.1 Å². The summed E-state index contributed by atoms with van der Waals surface area (Å²) in [5.74, 6) is -1.21. The van der Waals surface area contributed by atoms with Gasteiger partial charge in [0.1, 0.15) is 12.1 Å². The molecule has 1 aliphatic heterocycles. The summed E-state index contributed by atoms with van der Waals surface area (Å²) >= 11 is 0. The molecule has 1 heterocycles. The van der Waals surface area contributed by atoms with Crippen molar-refractivity contribution < 1.29 is 19.2 Å². The third-order valence-corrected chi connectivity index (χ3v) is 5.69. The zero-order chi connectivity index (χ0) is 19.8. The molecule has 2 aliphatic rings. The van der Waals surface area contributed by atoms with Gasteiger partial charge in [0.05, 0.1) is 0 Å². The lowest BCUT2D eigenvalue weighted by Gasteiger charge is -2.35. The van der Waals surface area contributed by atoms with Crippen LogP contribution in [0.1, 0.15) is 42.5 Å². The van der Waals surface area contributed by atoms with Gasteiger partial charge in [0.15, 0.2) is 0 Å². The molecular formula is C19H24N4O4. The molecule has 1 saturated heterocycles. The zero-order valence-corrected chi connectivity index (χ0v) is 15.6. The van der Waals surface area contributed by atoms with Crippen molar-refractivity contribution in [2.45, 2.75) is 37.6 Å². The van der Waals surface area contributed by atoms with Crippen molar-refractivity contribution in [3.05, 3.63) is 29.8 Å². The molecule has 1 spiro atoms. The van der Waals surface area contributed by atoms with E-state index in [9.17, 15) is 19.2 Å². The van der Waals surface area contributed by atoms with Crippen LogP contribution in [0.2, 0.25) is 0 Å². The van der Waals surface area contributed by atoms with E-state index in [4.69, 9.17) is 5.73 Å². The number of rotatable bonds is 4. The van der Waals surface area contributed by atoms with Crippen molar-refractivity contribution in [1.29, 1.82) is 0 Å². The minimum atomic E-state index is -0.794. The number of carbonyl (C=O) groups is 4. The predicted molar refractivity (Wildman–Crippen MR) is 99.1 cm³/mol. The van der Waals surface area contributed by atoms with E-state index >= 15 is 0 Å². The molecular weight excluding hydrogens is 348 g/mol. The number of imide groups is 1. The molecule has 144 valence electrons. The van der Waals surface area contributed by atoms with E-state index in [1.54, 1.807) is 26.2 Å². The summed E-state index contributed by atoms with van der Waals surface area (Å²) in [6.45, 7) is -0.308. The quantitative estimate of drug-likeness (QED) is 0.806. The Labute approximate surface area is 157 Å². The van der Waals surface area contributed by atoms with Crippen molar-refractivity contribution in [3.8, 4) is 0 Å². The maximum Gasteiger partial charge on any atom is 0.327 e. The summed E-state index contributed by atoms with van der Waals surface area (Å²) in [6.07, 6.45) is 4.14. The number of urea groups is 1. The summed E-state index contributed by atoms with van der Waals surface area (Å²) in [6, 6.07) is 5.82. The number of nitrogens with zero attached hydrogens (tertiary/aromatic N) is 3. The van der Waals surface area contributed by atoms with Crippen molar-refractivity contribution in [3.63, 3.8) is 0 Å². The van der Waals surface area contributed by atoms with Gasteiger partial charge in [-0.25, -0.2) is 4.79 Å². The van der Waals surface area contributed by atoms with Gasteiger partial charge in [0.25, 0.3) is 5.91 Å². The van der Waals surface area contributed by atoms with Crippen LogP contribution in [0.15, 0.2) is 24.3 Å². The van der Waals surface area contributed by atoms with Gasteiger partial charge in [-0.15, -0.1) is 0 Å². The van der Waals surface area contributed by atoms with Crippen molar-refractivity contribution in [2.75, 3.05) is 25.5 Å². The zero-order valence-electron chi connectivity index (χ0n) is 15.6. The smallest absolute Gasteiger partial charge is 0.327 e. The van der Waals surface area contributed by atoms with Crippen molar-refractivity contribution >= 4 is 29.4 Å². The van der Waals surface area contributed by atoms with E-state index < -0.39 is 17.5 Å². The predicted octanol–water partition coefficient (Wildman–Crippen LogP) is 1.35. The van der Waals surface area contributed by atoms with Gasteiger partial charge in [-0.05, 0) is 37.1 Å². The summed E-state index contributed by atoms with van der Waals surface area (Å²) < 4.78 is 0. The van der Waals surface area contributed by atoms with Crippen LogP contribution in [0.4, 0.5) is 10.5 Å². The Kier molecular flexibility index (Phi) is 4.91. The van der Waals surface area contributed by atoms with Crippen LogP contribution < -0.4 is 10.6 Å². The van der Waals surface area contributed by atoms with Crippen LogP contribution in [0, 0.1) is 0 Å². The van der Waals surface area contributed by atoms with Crippen LogP contribution in [0.3, 0.4) is 0 Å². The molecule has 1 aliphatic carbocycles. The Morgan fingerprint density at radius 1 is 1.11 bits per heavy atom. The molecule has 1 aromatic carbocycles. The topological polar surface area (TPSA) is 104 Å². The maximum atomic E-state index is 13.0. The molecule has 2 fully saturated rings. The van der Waals surface area contributed by atoms with Gasteiger partial charge in [-0.1, -0.05) is 19.3 Å². The summed E-state index contributed by atoms with van der Waals surface area (Å²) in [5.41, 5.74) is 5.30. The number of primary amides is 1. The number of amides is 5. The fourth-order valence-electron chi connectivity index (χ4n) is 3.91. The minimum Gasteiger partial charge on any atom is -0.366 e. The summed E-state index contributed by atoms with van der Waals surface area (Å²) in [7, 11) is 3.20. The first-order valence-corrected chi connectivity index (χ1v) is 9.04. The molecule has 1 saturated carbocycles. The number of likely N-dealkylation sites (N-methyl/N-ethyl adjacent to an activating group) is 2. The van der Waals surface area contributed by atoms with Gasteiger partial charge < -0.3 is 15.5 Å². The molecule has 2 N–H and O–H groups in total. The number of anilines is 1. The molecule has 0 aromatic heterocycles. The van der Waals surface area contributed by atoms with E-state index in [1.807, 2.05) is 0 Å². The van der Waals surface area contributed by atoms with Gasteiger partial charge in [0.2, 0.25) is 11.8 Å². The van der Waals surface area contributed by atoms with Crippen LogP contribution in [0.5, 0.6) is 0 Å². The maximum absolute atomic E-state index is 13.0. The van der Waals surface area contributed by atoms with Crippen molar-refractivity contribution in [1.82, 2.24) is 9.80 Å². The first-order valence-electron chi connectivity index (χ1n) is 9.04. The molecule has 0 bridgehead atoms. The lowest BCUT2D eigenvalue weighted by atomic mass is 9.81. The standard InChI is InChI=1S/C19H24N4O4/c1-21(14-8-6-13(7-9-14)16(20)25)15(24)12-23-17(26)19(22(2)18(23)27)10-4-3-5-11-19/h6-9H,3-5,10-12H2,1-2H3,(H2,20,25). The Hall–Kier alpha value is -2.90. The second-order valence-electron chi connectivity index (χ2n) is 7.19. The highest BCUT2D eigenvalue weighted by Crippen LogP contribution is 2.39. The van der Waals surface area contributed by atoms with Crippen LogP contribution >= 0.6 is 0 Å². The van der Waals surface area contributed by atoms with Gasteiger partial charge >= 0.3 is 6.03 Å². The Bertz CT molecular complexity index is 783. The monoisotopic (exact) mass is 372 g/mol. The molecule has 3 rings (SSSR count). The lowest BCUT2D eigenvalue weighted by molar-refractivity contribution is -0.136. The van der Waals surface area contributed by atoms with Crippen LogP contribution in [-0.2, 0) is 9.59 Å². The van der Waals surface area contributed by atoms with Crippen LogP contribution in [0.25, 0.3) is 0 Å². The summed E-state index contributed by atoms with van der Waals surface area (Å²) in [4.78, 5) is 53.3. The molecule has 8 nitrogen and oxygen atoms in total. The highest BCUT2D eigenvalue weighted by molar-refractivity contribution is 6.10. The van der Waals surface area contributed by atoms with E-state index in [-0.39, 0.29) is 18.4 Å². The van der Waals surface area contributed by atoms with E-state index in [0.717, 1.165) is 24.2 Å². The number of benzene rings is 1. The number of hydrogen-bond donors (Lipinski definition) is 1. The highest BCUT2D eigenvalue weighted by atomic mass is 16.2. The molecule has 1 aromatic rings. The molecule has 5 amide bonds. The average molecular weight is 372 g/mol. The Morgan fingerprint density at radius 3 is 2.26 bits per heavy atom. The fraction of sp³-hybridized carbons (Fsp3) is 0.474. The molecule has 27 heavy (non-hydrogen) atoms. The number of nitrogens with two attached hydrogens (primary N) is 1. The third kappa shape index (κ3) is 3.15. The molecule has 8 heteroatoms. The minimum absolute atomic E-state index is 0.277. The van der Waals surface area contributed by atoms with Crippen molar-refractivity contribution in [2.24, 2.45) is 5.73 Å². The normalized spacial score (nSPS) is 18.9. The molecule has 0 unspecified atom stereocenters. The SMILES string of the molecule is CN(C(=O)CN1C(=O)N(C)C2(CCCCC2)C1=O)c1ccc(C(N)=O)cc1. The van der Waals surface area contributed by atoms with Gasteiger partial charge in [-0.3, -0.25) is 19.3 Å². The highest BCUT2D eigenvalue weighted by Gasteiger charge is 2.55. The number of carbonyl (C=O) groups excluding carboxylic acids is 4. The lowest BCUT2D eigenvalue weighted by Crippen LogP contribution is -2.49. The fourth-order valence-corrected chi connectivity index (χ4v) is 3.91. The summed E-state index contributed by atoms with van der Waals surface area (Å²) in [5, 5.41) is 0. The average Bonchev–Trinajstić information content (AvgIpc) is 2.84. The second kappa shape index (κ2) is 7.02. The Balaban J connectivity index is 1.74. The molecule has 0 atom stereocenters.